The van der Waals surface area contributed by atoms with E-state index >= 15 is 0 Å². The summed E-state index contributed by atoms with van der Waals surface area (Å²) in [5, 5.41) is 19.1. The van der Waals surface area contributed by atoms with Gasteiger partial charge in [0.15, 0.2) is 5.79 Å². The molecule has 1 fully saturated rings. The van der Waals surface area contributed by atoms with Gasteiger partial charge in [0.25, 0.3) is 0 Å². The first-order valence-electron chi connectivity index (χ1n) is 5.55. The van der Waals surface area contributed by atoms with Gasteiger partial charge in [0.2, 0.25) is 0 Å². The molecule has 0 radical (unpaired) electrons. The number of ether oxygens (including phenoxy) is 1. The minimum absolute atomic E-state index is 0.0670. The molecule has 0 aromatic heterocycles. The SMILES string of the molecule is OC(O)(COC1C=CNN1)CC1(C(F)(F)F)CC1. The van der Waals surface area contributed by atoms with Crippen molar-refractivity contribution in [2.24, 2.45) is 5.41 Å². The van der Waals surface area contributed by atoms with E-state index in [2.05, 4.69) is 10.9 Å². The van der Waals surface area contributed by atoms with E-state index in [1.165, 1.54) is 0 Å². The number of hydrazine groups is 1. The number of hydrogen-bond donors (Lipinski definition) is 4. The van der Waals surface area contributed by atoms with Crippen molar-refractivity contribution >= 4 is 0 Å². The third-order valence-corrected chi connectivity index (χ3v) is 3.15. The number of halogens is 3. The molecule has 5 nitrogen and oxygen atoms in total. The third kappa shape index (κ3) is 2.94. The fraction of sp³-hybridized carbons (Fsp3) is 0.800. The molecule has 104 valence electrons. The van der Waals surface area contributed by atoms with Crippen LogP contribution < -0.4 is 10.9 Å². The summed E-state index contributed by atoms with van der Waals surface area (Å²) >= 11 is 0. The van der Waals surface area contributed by atoms with E-state index in [-0.39, 0.29) is 12.8 Å². The van der Waals surface area contributed by atoms with Gasteiger partial charge >= 0.3 is 6.18 Å². The van der Waals surface area contributed by atoms with Crippen molar-refractivity contribution in [3.05, 3.63) is 12.3 Å². The average Bonchev–Trinajstić information content (AvgIpc) is 2.83. The predicted octanol–water partition coefficient (Wildman–Crippen LogP) is 0.364. The Balaban J connectivity index is 1.85. The second-order valence-electron chi connectivity index (χ2n) is 4.82. The van der Waals surface area contributed by atoms with Crippen LogP contribution in [-0.2, 0) is 4.74 Å². The minimum Gasteiger partial charge on any atom is -0.364 e. The first-order chi connectivity index (χ1) is 8.24. The standard InChI is InChI=1S/C10H15F3N2O3/c11-10(12,13)8(2-3-8)5-9(16,17)6-18-7-1-4-14-15-7/h1,4,7,14-17H,2-3,5-6H2. The van der Waals surface area contributed by atoms with Gasteiger partial charge in [-0.15, -0.1) is 0 Å². The number of hydrogen-bond acceptors (Lipinski definition) is 5. The van der Waals surface area contributed by atoms with Crippen molar-refractivity contribution in [3.63, 3.8) is 0 Å². The highest BCUT2D eigenvalue weighted by Crippen LogP contribution is 2.61. The van der Waals surface area contributed by atoms with Gasteiger partial charge in [0.05, 0.1) is 5.41 Å². The molecule has 18 heavy (non-hydrogen) atoms. The van der Waals surface area contributed by atoms with E-state index in [1.54, 1.807) is 12.3 Å². The molecule has 1 saturated carbocycles. The van der Waals surface area contributed by atoms with Crippen LogP contribution in [0.15, 0.2) is 12.3 Å². The van der Waals surface area contributed by atoms with E-state index < -0.39 is 36.6 Å². The summed E-state index contributed by atoms with van der Waals surface area (Å²) in [5.74, 6) is -2.48. The summed E-state index contributed by atoms with van der Waals surface area (Å²) in [6.07, 6.45) is -2.77. The van der Waals surface area contributed by atoms with Crippen molar-refractivity contribution in [2.45, 2.75) is 37.5 Å². The Bertz CT molecular complexity index is 340. The van der Waals surface area contributed by atoms with Crippen LogP contribution in [0.2, 0.25) is 0 Å². The predicted molar refractivity (Wildman–Crippen MR) is 54.7 cm³/mol. The smallest absolute Gasteiger partial charge is 0.364 e. The average molecular weight is 268 g/mol. The maximum atomic E-state index is 12.7. The van der Waals surface area contributed by atoms with Crippen LogP contribution in [0.3, 0.4) is 0 Å². The maximum Gasteiger partial charge on any atom is 0.394 e. The van der Waals surface area contributed by atoms with Gasteiger partial charge < -0.3 is 20.4 Å². The molecule has 0 aromatic rings. The minimum atomic E-state index is -4.41. The lowest BCUT2D eigenvalue weighted by molar-refractivity contribution is -0.256. The summed E-state index contributed by atoms with van der Waals surface area (Å²) in [6, 6.07) is 0. The highest BCUT2D eigenvalue weighted by molar-refractivity contribution is 5.02. The largest absolute Gasteiger partial charge is 0.394 e. The van der Waals surface area contributed by atoms with Crippen LogP contribution in [0, 0.1) is 5.41 Å². The van der Waals surface area contributed by atoms with Crippen LogP contribution in [0.25, 0.3) is 0 Å². The number of nitrogens with one attached hydrogen (secondary N) is 2. The number of alkyl halides is 3. The van der Waals surface area contributed by atoms with Gasteiger partial charge in [0, 0.05) is 12.6 Å². The van der Waals surface area contributed by atoms with Crippen LogP contribution in [0.1, 0.15) is 19.3 Å². The monoisotopic (exact) mass is 268 g/mol. The molecule has 0 amide bonds. The second-order valence-corrected chi connectivity index (χ2v) is 4.82. The molecule has 0 bridgehead atoms. The molecule has 4 N–H and O–H groups in total. The highest BCUT2D eigenvalue weighted by Gasteiger charge is 2.65. The third-order valence-electron chi connectivity index (χ3n) is 3.15. The van der Waals surface area contributed by atoms with Gasteiger partial charge in [-0.05, 0) is 18.9 Å². The molecule has 2 aliphatic rings. The number of aliphatic hydroxyl groups is 2. The zero-order valence-corrected chi connectivity index (χ0v) is 9.50. The Hall–Kier alpha value is -0.830. The van der Waals surface area contributed by atoms with Gasteiger partial charge in [0.1, 0.15) is 12.8 Å². The molecule has 1 aliphatic heterocycles. The zero-order valence-electron chi connectivity index (χ0n) is 9.50. The molecule has 1 aliphatic carbocycles. The summed E-state index contributed by atoms with van der Waals surface area (Å²) in [4.78, 5) is 0. The van der Waals surface area contributed by atoms with Crippen LogP contribution in [0.4, 0.5) is 13.2 Å². The fourth-order valence-electron chi connectivity index (χ4n) is 1.94. The lowest BCUT2D eigenvalue weighted by atomic mass is 9.96. The van der Waals surface area contributed by atoms with Crippen molar-refractivity contribution in [1.82, 2.24) is 10.9 Å². The molecule has 2 rings (SSSR count). The van der Waals surface area contributed by atoms with Gasteiger partial charge in [-0.25, -0.2) is 5.43 Å². The normalized spacial score (nSPS) is 26.2. The molecule has 1 unspecified atom stereocenters. The van der Waals surface area contributed by atoms with Crippen molar-refractivity contribution in [1.29, 1.82) is 0 Å². The van der Waals surface area contributed by atoms with E-state index in [4.69, 9.17) is 4.74 Å². The van der Waals surface area contributed by atoms with Crippen molar-refractivity contribution < 1.29 is 28.1 Å². The second kappa shape index (κ2) is 4.37. The Labute approximate surface area is 102 Å². The lowest BCUT2D eigenvalue weighted by Crippen LogP contribution is -2.44. The van der Waals surface area contributed by atoms with Crippen LogP contribution in [-0.4, -0.2) is 35.0 Å². The highest BCUT2D eigenvalue weighted by atomic mass is 19.4. The Morgan fingerprint density at radius 3 is 2.44 bits per heavy atom. The molecule has 1 heterocycles. The molecular weight excluding hydrogens is 253 g/mol. The molecule has 0 spiro atoms. The first kappa shape index (κ1) is 13.6. The topological polar surface area (TPSA) is 73.8 Å². The summed E-state index contributed by atoms with van der Waals surface area (Å²) < 4.78 is 43.0. The van der Waals surface area contributed by atoms with Gasteiger partial charge in [-0.2, -0.15) is 13.2 Å². The molecular formula is C10H15F3N2O3. The van der Waals surface area contributed by atoms with E-state index in [1.807, 2.05) is 0 Å². The van der Waals surface area contributed by atoms with E-state index in [0.29, 0.717) is 0 Å². The molecule has 0 aromatic carbocycles. The number of rotatable bonds is 5. The Kier molecular flexibility index (Phi) is 3.30. The molecule has 0 saturated heterocycles. The van der Waals surface area contributed by atoms with Gasteiger partial charge in [-0.1, -0.05) is 0 Å². The summed E-state index contributed by atoms with van der Waals surface area (Å²) in [5.41, 5.74) is 3.24. The van der Waals surface area contributed by atoms with Crippen LogP contribution >= 0.6 is 0 Å². The molecule has 1 atom stereocenters. The van der Waals surface area contributed by atoms with Crippen molar-refractivity contribution in [3.8, 4) is 0 Å². The lowest BCUT2D eigenvalue weighted by Gasteiger charge is -2.29. The summed E-state index contributed by atoms with van der Waals surface area (Å²) in [7, 11) is 0. The molecule has 8 heteroatoms. The Morgan fingerprint density at radius 2 is 2.00 bits per heavy atom. The maximum absolute atomic E-state index is 12.7. The fourth-order valence-corrected chi connectivity index (χ4v) is 1.94. The van der Waals surface area contributed by atoms with Crippen molar-refractivity contribution in [2.75, 3.05) is 6.61 Å². The Morgan fingerprint density at radius 1 is 1.33 bits per heavy atom. The quantitative estimate of drug-likeness (QED) is 0.542. The zero-order chi connectivity index (χ0) is 13.4. The van der Waals surface area contributed by atoms with Gasteiger partial charge in [-0.3, -0.25) is 0 Å². The van der Waals surface area contributed by atoms with E-state index in [0.717, 1.165) is 0 Å². The first-order valence-corrected chi connectivity index (χ1v) is 5.55. The van der Waals surface area contributed by atoms with E-state index in [9.17, 15) is 23.4 Å². The van der Waals surface area contributed by atoms with Crippen LogP contribution in [0.5, 0.6) is 0 Å². The summed E-state index contributed by atoms with van der Waals surface area (Å²) in [6.45, 7) is -0.589.